The Hall–Kier alpha value is -2.11. The molecule has 1 aliphatic heterocycles. The number of rotatable bonds is 22. The van der Waals surface area contributed by atoms with Crippen molar-refractivity contribution in [3.05, 3.63) is 11.5 Å². The first-order chi connectivity index (χ1) is 23.0. The van der Waals surface area contributed by atoms with Gasteiger partial charge in [-0.1, -0.05) is 13.8 Å². The van der Waals surface area contributed by atoms with Crippen LogP contribution >= 0.6 is 36.1 Å². The summed E-state index contributed by atoms with van der Waals surface area (Å²) in [5.41, 5.74) is 4.08. The Morgan fingerprint density at radius 3 is 2.20 bits per heavy atom. The van der Waals surface area contributed by atoms with Crippen molar-refractivity contribution in [3.8, 4) is 0 Å². The third kappa shape index (κ3) is 14.5. The number of amides is 2. The summed E-state index contributed by atoms with van der Waals surface area (Å²) in [4.78, 5) is 75.3. The molecule has 1 aliphatic rings. The maximum absolute atomic E-state index is 12.6. The molecule has 1 rings (SSSR count). The van der Waals surface area contributed by atoms with Crippen LogP contribution in [0.25, 0.3) is 0 Å². The first kappa shape index (κ1) is 45.9. The number of hydrogen-bond donors (Lipinski definition) is 10. The second-order valence-corrected chi connectivity index (χ2v) is 15.6. The van der Waals surface area contributed by atoms with Crippen molar-refractivity contribution in [1.29, 1.82) is 0 Å². The van der Waals surface area contributed by atoms with Gasteiger partial charge in [-0.3, -0.25) is 33.1 Å². The minimum Gasteiger partial charge on any atom is -0.386 e. The predicted molar refractivity (Wildman–Crippen MR) is 180 cm³/mol. The van der Waals surface area contributed by atoms with E-state index in [1.54, 1.807) is 0 Å². The molecule has 1 heterocycles. The van der Waals surface area contributed by atoms with Crippen LogP contribution in [0, 0.1) is 5.41 Å². The van der Waals surface area contributed by atoms with Crippen molar-refractivity contribution >= 4 is 67.2 Å². The molecule has 2 amide bonds. The Bertz CT molecular complexity index is 1430. The van der Waals surface area contributed by atoms with E-state index >= 15 is 0 Å². The quantitative estimate of drug-likeness (QED) is 0.0251. The van der Waals surface area contributed by atoms with Gasteiger partial charge in [0.25, 0.3) is 0 Å². The lowest BCUT2D eigenvalue weighted by atomic mass is 9.87. The maximum Gasteiger partial charge on any atom is 0.481 e. The number of carbonyl (C=O) groups is 2. The molecule has 7 atom stereocenters. The lowest BCUT2D eigenvalue weighted by Gasteiger charge is -2.30. The minimum absolute atomic E-state index is 0.107. The van der Waals surface area contributed by atoms with Crippen LogP contribution in [-0.4, -0.2) is 143 Å². The fraction of sp³-hybridized carbons (Fsp3) is 0.696. The number of thiol groups is 1. The van der Waals surface area contributed by atoms with Crippen molar-refractivity contribution in [1.82, 2.24) is 15.5 Å². The van der Waals surface area contributed by atoms with Crippen LogP contribution < -0.4 is 16.4 Å². The van der Waals surface area contributed by atoms with Crippen LogP contribution in [0.1, 0.15) is 20.3 Å². The van der Waals surface area contributed by atoms with Crippen LogP contribution in [-0.2, 0) is 45.9 Å². The molecular weight excluding hydrogens is 755 g/mol. The van der Waals surface area contributed by atoms with E-state index in [-0.39, 0.29) is 36.2 Å². The average molecular weight is 800 g/mol. The van der Waals surface area contributed by atoms with Gasteiger partial charge < -0.3 is 55.8 Å². The lowest BCUT2D eigenvalue weighted by molar-refractivity contribution is -0.137. The number of aliphatic hydroxyl groups excluding tert-OH is 2. The Morgan fingerprint density at radius 2 is 1.68 bits per heavy atom. The summed E-state index contributed by atoms with van der Waals surface area (Å²) in [6, 6.07) is 0. The molecule has 0 aromatic heterocycles. The van der Waals surface area contributed by atoms with Gasteiger partial charge >= 0.3 is 23.5 Å². The number of amidine groups is 1. The number of carbonyl (C=O) groups excluding carboxylic acids is 2. The van der Waals surface area contributed by atoms with Gasteiger partial charge in [0.15, 0.2) is 12.0 Å². The normalized spacial score (nSPS) is 23.5. The second-order valence-electron chi connectivity index (χ2n) is 10.9. The molecule has 10 N–H and O–H groups in total. The molecule has 0 bridgehead atoms. The number of likely N-dealkylation sites (N-methyl/N-ethyl adjacent to an activating group) is 1. The molecule has 1 saturated heterocycles. The van der Waals surface area contributed by atoms with Gasteiger partial charge in [-0.25, -0.2) is 18.7 Å². The van der Waals surface area contributed by atoms with Crippen LogP contribution in [0.2, 0.25) is 0 Å². The zero-order chi connectivity index (χ0) is 38.7. The molecular formula is C23H44N7O16P3S. The number of nitrogens with one attached hydrogen (secondary N) is 2. The molecule has 27 heteroatoms. The van der Waals surface area contributed by atoms with E-state index in [2.05, 4.69) is 60.5 Å². The van der Waals surface area contributed by atoms with Crippen LogP contribution in [0.5, 0.6) is 0 Å². The molecule has 0 saturated carbocycles. The fourth-order valence-electron chi connectivity index (χ4n) is 4.02. The molecule has 0 aliphatic carbocycles. The third-order valence-electron chi connectivity index (χ3n) is 6.57. The number of phosphoric acid groups is 3. The first-order valence-electron chi connectivity index (χ1n) is 14.2. The van der Waals surface area contributed by atoms with E-state index in [0.717, 1.165) is 4.90 Å². The Kier molecular flexibility index (Phi) is 18.0. The number of ether oxygens (including phenoxy) is 1. The highest BCUT2D eigenvalue weighted by Gasteiger charge is 2.51. The monoisotopic (exact) mass is 799 g/mol. The highest BCUT2D eigenvalue weighted by atomic mass is 32.1. The van der Waals surface area contributed by atoms with Crippen molar-refractivity contribution < 1.29 is 75.7 Å². The van der Waals surface area contributed by atoms with Gasteiger partial charge in [0.1, 0.15) is 35.9 Å². The average Bonchev–Trinajstić information content (AvgIpc) is 3.32. The zero-order valence-corrected chi connectivity index (χ0v) is 31.0. The van der Waals surface area contributed by atoms with Crippen molar-refractivity contribution in [2.45, 2.75) is 50.9 Å². The standard InChI is InChI=1S/C23H44N7O16P3S/c1-23(2,18(33)21(34)29-8-7-14(31)28-9-10-50)12-43-49(40,41)46-48(38,39)42-11-13-17(45-47(35,36)37)16(32)22(44-13)30(6)20(27-5)15(25-3)19(24)26-4/h13,16-18,22,32-33,50H,3,5,7-12H2,1-2,4,6H3,(H2,24,26)(H,28,31)(H,29,34)(H,38,39)(H,40,41)(H2,35,36,37)/b20-15-/t13-,16-,17-,18?,22-/m1/s1. The van der Waals surface area contributed by atoms with Crippen molar-refractivity contribution in [3.63, 3.8) is 0 Å². The van der Waals surface area contributed by atoms with Gasteiger partial charge in [0, 0.05) is 44.8 Å². The molecule has 0 spiro atoms. The summed E-state index contributed by atoms with van der Waals surface area (Å²) in [6.07, 6.45) is -9.15. The van der Waals surface area contributed by atoms with E-state index in [1.165, 1.54) is 27.9 Å². The van der Waals surface area contributed by atoms with Crippen molar-refractivity contribution in [2.75, 3.05) is 46.2 Å². The number of nitrogens with zero attached hydrogens (tertiary/aromatic N) is 4. The molecule has 0 aromatic rings. The molecule has 0 aromatic carbocycles. The van der Waals surface area contributed by atoms with Crippen molar-refractivity contribution in [2.24, 2.45) is 26.1 Å². The van der Waals surface area contributed by atoms with Gasteiger partial charge in [-0.2, -0.15) is 16.9 Å². The second kappa shape index (κ2) is 19.6. The highest BCUT2D eigenvalue weighted by molar-refractivity contribution is 7.80. The maximum atomic E-state index is 12.6. The van der Waals surface area contributed by atoms with E-state index in [9.17, 15) is 53.1 Å². The molecule has 1 fully saturated rings. The third-order valence-corrected chi connectivity index (χ3v) is 9.89. The van der Waals surface area contributed by atoms with Crippen LogP contribution in [0.4, 0.5) is 0 Å². The number of phosphoric ester groups is 3. The summed E-state index contributed by atoms with van der Waals surface area (Å²) in [5.74, 6) is -1.26. The Morgan fingerprint density at radius 1 is 1.08 bits per heavy atom. The Labute approximate surface area is 292 Å². The largest absolute Gasteiger partial charge is 0.481 e. The van der Waals surface area contributed by atoms with Gasteiger partial charge in [-0.05, 0) is 13.4 Å². The van der Waals surface area contributed by atoms with Crippen LogP contribution in [0.15, 0.2) is 26.5 Å². The smallest absolute Gasteiger partial charge is 0.386 e. The number of hydrogen-bond acceptors (Lipinski definition) is 17. The Balaban J connectivity index is 2.99. The number of aliphatic imine (C=N–C) groups is 3. The van der Waals surface area contributed by atoms with Gasteiger partial charge in [0.2, 0.25) is 11.8 Å². The number of nitrogens with two attached hydrogens (primary N) is 1. The van der Waals surface area contributed by atoms with E-state index < -0.39 is 78.6 Å². The minimum atomic E-state index is -5.57. The fourth-order valence-corrected chi connectivity index (χ4v) is 6.96. The lowest BCUT2D eigenvalue weighted by Crippen LogP contribution is -2.46. The number of aliphatic hydroxyl groups is 2. The van der Waals surface area contributed by atoms with Gasteiger partial charge in [-0.15, -0.1) is 0 Å². The zero-order valence-electron chi connectivity index (χ0n) is 27.5. The van der Waals surface area contributed by atoms with E-state index in [1.807, 2.05) is 0 Å². The molecule has 3 unspecified atom stereocenters. The summed E-state index contributed by atoms with van der Waals surface area (Å²) in [5, 5.41) is 26.2. The highest BCUT2D eigenvalue weighted by Crippen LogP contribution is 2.61. The molecule has 23 nitrogen and oxygen atoms in total. The summed E-state index contributed by atoms with van der Waals surface area (Å²) in [7, 11) is -13.8. The predicted octanol–water partition coefficient (Wildman–Crippen LogP) is -1.77. The van der Waals surface area contributed by atoms with E-state index in [4.69, 9.17) is 19.5 Å². The molecule has 0 radical (unpaired) electrons. The molecule has 50 heavy (non-hydrogen) atoms. The summed E-state index contributed by atoms with van der Waals surface area (Å²) >= 11 is 3.95. The topological polar surface area (TPSA) is 343 Å². The molecule has 288 valence electrons. The van der Waals surface area contributed by atoms with E-state index in [0.29, 0.717) is 12.3 Å². The SMILES string of the molecule is C=NC(=C(/N=C)N(C)[C@@H]1O[C@H](COP(=O)(O)OP(=O)(O)OCC(C)(C)C(O)C(=O)NCCC(=O)NCCS)[C@@H](OP(=O)(O)O)[C@H]1O)/C(N)=N\C. The summed E-state index contributed by atoms with van der Waals surface area (Å²) in [6.45, 7) is 7.38. The van der Waals surface area contributed by atoms with Crippen LogP contribution in [0.3, 0.4) is 0 Å². The summed E-state index contributed by atoms with van der Waals surface area (Å²) < 4.78 is 60.7. The first-order valence-corrected chi connectivity index (χ1v) is 19.3. The van der Waals surface area contributed by atoms with Gasteiger partial charge in [0.05, 0.1) is 13.2 Å².